The summed E-state index contributed by atoms with van der Waals surface area (Å²) in [7, 11) is -1.61. The molecule has 1 amide bonds. The number of rotatable bonds is 5. The number of amides is 1. The number of hydrogen-bond acceptors (Lipinski definition) is 3. The Kier molecular flexibility index (Phi) is 4.82. The molecule has 0 bridgehead atoms. The Morgan fingerprint density at radius 1 is 1.05 bits per heavy atom. The van der Waals surface area contributed by atoms with Crippen molar-refractivity contribution in [2.75, 3.05) is 22.4 Å². The summed E-state index contributed by atoms with van der Waals surface area (Å²) in [5, 5.41) is 0. The molecule has 2 aromatic rings. The number of anilines is 2. The average Bonchev–Trinajstić information content (AvgIpc) is 2.55. The van der Waals surface area contributed by atoms with Gasteiger partial charge in [0.2, 0.25) is 10.0 Å². The number of benzene rings is 2. The van der Waals surface area contributed by atoms with Crippen LogP contribution >= 0.6 is 0 Å². The van der Waals surface area contributed by atoms with E-state index in [4.69, 9.17) is 0 Å². The van der Waals surface area contributed by atoms with Crippen LogP contribution in [0.2, 0.25) is 0 Å². The standard InChI is InChI=1S/C16H18N2O3S/c1-3-22(20,21)17-14-11-9-13(10-12-14)16(19)18(2)15-7-5-4-6-8-15/h4-12,17H,3H2,1-2H3. The summed E-state index contributed by atoms with van der Waals surface area (Å²) in [5.74, 6) is -0.152. The summed E-state index contributed by atoms with van der Waals surface area (Å²) in [4.78, 5) is 13.9. The molecule has 0 saturated carbocycles. The molecule has 5 nitrogen and oxygen atoms in total. The van der Waals surface area contributed by atoms with Crippen LogP contribution in [0.25, 0.3) is 0 Å². The molecule has 0 spiro atoms. The molecule has 2 rings (SSSR count). The lowest BCUT2D eigenvalue weighted by Crippen LogP contribution is -2.26. The highest BCUT2D eigenvalue weighted by atomic mass is 32.2. The van der Waals surface area contributed by atoms with Crippen molar-refractivity contribution in [3.05, 3.63) is 60.2 Å². The molecule has 0 aliphatic rings. The predicted octanol–water partition coefficient (Wildman–Crippen LogP) is 2.72. The summed E-state index contributed by atoms with van der Waals surface area (Å²) < 4.78 is 25.4. The minimum Gasteiger partial charge on any atom is -0.311 e. The van der Waals surface area contributed by atoms with E-state index >= 15 is 0 Å². The summed E-state index contributed by atoms with van der Waals surface area (Å²) >= 11 is 0. The largest absolute Gasteiger partial charge is 0.311 e. The van der Waals surface area contributed by atoms with Gasteiger partial charge in [0.25, 0.3) is 5.91 Å². The lowest BCUT2D eigenvalue weighted by Gasteiger charge is -2.17. The van der Waals surface area contributed by atoms with Crippen LogP contribution in [0.1, 0.15) is 17.3 Å². The maximum absolute atomic E-state index is 12.4. The third-order valence-electron chi connectivity index (χ3n) is 3.23. The lowest BCUT2D eigenvalue weighted by atomic mass is 10.1. The number of para-hydroxylation sites is 1. The van der Waals surface area contributed by atoms with Crippen LogP contribution in [0, 0.1) is 0 Å². The molecule has 1 N–H and O–H groups in total. The normalized spacial score (nSPS) is 11.0. The summed E-state index contributed by atoms with van der Waals surface area (Å²) in [6.07, 6.45) is 0. The van der Waals surface area contributed by atoms with Crippen LogP contribution < -0.4 is 9.62 Å². The first-order valence-electron chi connectivity index (χ1n) is 6.86. The molecule has 0 aliphatic carbocycles. The zero-order valence-corrected chi connectivity index (χ0v) is 13.3. The van der Waals surface area contributed by atoms with Gasteiger partial charge in [-0.1, -0.05) is 18.2 Å². The van der Waals surface area contributed by atoms with Crippen molar-refractivity contribution < 1.29 is 13.2 Å². The molecule has 0 unspecified atom stereocenters. The van der Waals surface area contributed by atoms with E-state index < -0.39 is 10.0 Å². The third kappa shape index (κ3) is 3.85. The maximum Gasteiger partial charge on any atom is 0.258 e. The lowest BCUT2D eigenvalue weighted by molar-refractivity contribution is 0.0993. The smallest absolute Gasteiger partial charge is 0.258 e. The third-order valence-corrected chi connectivity index (χ3v) is 4.54. The SMILES string of the molecule is CCS(=O)(=O)Nc1ccc(C(=O)N(C)c2ccccc2)cc1. The van der Waals surface area contributed by atoms with Gasteiger partial charge < -0.3 is 4.90 Å². The van der Waals surface area contributed by atoms with Gasteiger partial charge >= 0.3 is 0 Å². The van der Waals surface area contributed by atoms with Crippen molar-refractivity contribution >= 4 is 27.3 Å². The van der Waals surface area contributed by atoms with Crippen molar-refractivity contribution in [1.29, 1.82) is 0 Å². The van der Waals surface area contributed by atoms with Crippen LogP contribution in [-0.2, 0) is 10.0 Å². The second-order valence-corrected chi connectivity index (χ2v) is 6.79. The minimum absolute atomic E-state index is 0.00439. The molecule has 2 aromatic carbocycles. The van der Waals surface area contributed by atoms with Crippen LogP contribution in [0.15, 0.2) is 54.6 Å². The second kappa shape index (κ2) is 6.62. The number of nitrogens with zero attached hydrogens (tertiary/aromatic N) is 1. The topological polar surface area (TPSA) is 66.5 Å². The molecular weight excluding hydrogens is 300 g/mol. The van der Waals surface area contributed by atoms with E-state index in [2.05, 4.69) is 4.72 Å². The molecule has 0 fully saturated rings. The first kappa shape index (κ1) is 16.0. The van der Waals surface area contributed by atoms with E-state index in [1.54, 1.807) is 43.1 Å². The number of sulfonamides is 1. The number of carbonyl (C=O) groups is 1. The van der Waals surface area contributed by atoms with Crippen LogP contribution in [-0.4, -0.2) is 27.1 Å². The highest BCUT2D eigenvalue weighted by molar-refractivity contribution is 7.92. The molecule has 0 heterocycles. The Morgan fingerprint density at radius 2 is 1.64 bits per heavy atom. The monoisotopic (exact) mass is 318 g/mol. The van der Waals surface area contributed by atoms with E-state index in [1.165, 1.54) is 0 Å². The molecule has 6 heteroatoms. The Labute approximate surface area is 130 Å². The van der Waals surface area contributed by atoms with Gasteiger partial charge in [0.1, 0.15) is 0 Å². The quantitative estimate of drug-likeness (QED) is 0.922. The van der Waals surface area contributed by atoms with E-state index in [1.807, 2.05) is 30.3 Å². The van der Waals surface area contributed by atoms with Crippen LogP contribution in [0.5, 0.6) is 0 Å². The minimum atomic E-state index is -3.31. The molecule has 0 atom stereocenters. The van der Waals surface area contributed by atoms with Gasteiger partial charge in [-0.05, 0) is 43.3 Å². The molecule has 22 heavy (non-hydrogen) atoms. The number of nitrogens with one attached hydrogen (secondary N) is 1. The first-order chi connectivity index (χ1) is 10.4. The fourth-order valence-electron chi connectivity index (χ4n) is 1.90. The molecule has 116 valence electrons. The molecule has 0 aliphatic heterocycles. The molecule has 0 saturated heterocycles. The van der Waals surface area contributed by atoms with E-state index in [-0.39, 0.29) is 11.7 Å². The predicted molar refractivity (Wildman–Crippen MR) is 88.7 cm³/mol. The Morgan fingerprint density at radius 3 is 2.18 bits per heavy atom. The van der Waals surface area contributed by atoms with Crippen molar-refractivity contribution in [3.63, 3.8) is 0 Å². The van der Waals surface area contributed by atoms with Gasteiger partial charge in [-0.3, -0.25) is 9.52 Å². The van der Waals surface area contributed by atoms with Gasteiger partial charge in [-0.15, -0.1) is 0 Å². The highest BCUT2D eigenvalue weighted by Gasteiger charge is 2.13. The summed E-state index contributed by atoms with van der Waals surface area (Å²) in [5.41, 5.74) is 1.73. The Bertz CT molecular complexity index is 741. The Hall–Kier alpha value is -2.34. The fourth-order valence-corrected chi connectivity index (χ4v) is 2.53. The highest BCUT2D eigenvalue weighted by Crippen LogP contribution is 2.17. The van der Waals surface area contributed by atoms with Gasteiger partial charge in [0.15, 0.2) is 0 Å². The van der Waals surface area contributed by atoms with Crippen LogP contribution in [0.3, 0.4) is 0 Å². The number of carbonyl (C=O) groups excluding carboxylic acids is 1. The zero-order valence-electron chi connectivity index (χ0n) is 12.5. The van der Waals surface area contributed by atoms with Crippen molar-refractivity contribution in [1.82, 2.24) is 0 Å². The summed E-state index contributed by atoms with van der Waals surface area (Å²) in [6, 6.07) is 15.7. The van der Waals surface area contributed by atoms with Gasteiger partial charge in [0.05, 0.1) is 5.75 Å². The van der Waals surface area contributed by atoms with E-state index in [9.17, 15) is 13.2 Å². The van der Waals surface area contributed by atoms with E-state index in [0.717, 1.165) is 5.69 Å². The van der Waals surface area contributed by atoms with Crippen molar-refractivity contribution in [2.24, 2.45) is 0 Å². The van der Waals surface area contributed by atoms with Gasteiger partial charge in [0, 0.05) is 24.0 Å². The van der Waals surface area contributed by atoms with Gasteiger partial charge in [-0.25, -0.2) is 8.42 Å². The zero-order chi connectivity index (χ0) is 16.2. The van der Waals surface area contributed by atoms with Crippen molar-refractivity contribution in [2.45, 2.75) is 6.92 Å². The maximum atomic E-state index is 12.4. The second-order valence-electron chi connectivity index (χ2n) is 4.78. The Balaban J connectivity index is 2.15. The fraction of sp³-hybridized carbons (Fsp3) is 0.188. The van der Waals surface area contributed by atoms with Crippen molar-refractivity contribution in [3.8, 4) is 0 Å². The first-order valence-corrected chi connectivity index (χ1v) is 8.52. The molecule has 0 aromatic heterocycles. The number of hydrogen-bond donors (Lipinski definition) is 1. The molecule has 0 radical (unpaired) electrons. The molecular formula is C16H18N2O3S. The average molecular weight is 318 g/mol. The van der Waals surface area contributed by atoms with Gasteiger partial charge in [-0.2, -0.15) is 0 Å². The van der Waals surface area contributed by atoms with Crippen LogP contribution in [0.4, 0.5) is 11.4 Å². The van der Waals surface area contributed by atoms with E-state index in [0.29, 0.717) is 11.3 Å². The summed E-state index contributed by atoms with van der Waals surface area (Å²) in [6.45, 7) is 1.56.